The summed E-state index contributed by atoms with van der Waals surface area (Å²) >= 11 is 5.77. The summed E-state index contributed by atoms with van der Waals surface area (Å²) in [5, 5.41) is 4.53. The van der Waals surface area contributed by atoms with Crippen LogP contribution in [0.4, 0.5) is 4.39 Å². The van der Waals surface area contributed by atoms with Gasteiger partial charge in [0, 0.05) is 36.1 Å². The first-order chi connectivity index (χ1) is 16.5. The highest BCUT2D eigenvalue weighted by molar-refractivity contribution is 6.30. The van der Waals surface area contributed by atoms with Crippen molar-refractivity contribution in [2.45, 2.75) is 45.9 Å². The highest BCUT2D eigenvalue weighted by atomic mass is 35.5. The van der Waals surface area contributed by atoms with Crippen molar-refractivity contribution in [3.63, 3.8) is 0 Å². The maximum atomic E-state index is 14.1. The van der Waals surface area contributed by atoms with Gasteiger partial charge in [-0.1, -0.05) is 11.6 Å². The van der Waals surface area contributed by atoms with Crippen LogP contribution in [0.1, 0.15) is 42.3 Å². The highest BCUT2D eigenvalue weighted by Crippen LogP contribution is 2.28. The van der Waals surface area contributed by atoms with Crippen molar-refractivity contribution >= 4 is 22.8 Å². The normalized spacial score (nSPS) is 15.7. The summed E-state index contributed by atoms with van der Waals surface area (Å²) in [5.74, 6) is -0.447. The first-order valence-corrected chi connectivity index (χ1v) is 11.4. The molecule has 8 nitrogen and oxygen atoms in total. The second-order valence-electron chi connectivity index (χ2n) is 8.00. The molecule has 34 heavy (non-hydrogen) atoms. The lowest BCUT2D eigenvalue weighted by Gasteiger charge is -2.21. The smallest absolute Gasteiger partial charge is 0.182 e. The van der Waals surface area contributed by atoms with Gasteiger partial charge >= 0.3 is 0 Å². The number of benzene rings is 1. The van der Waals surface area contributed by atoms with Crippen LogP contribution in [0.2, 0.25) is 5.02 Å². The van der Waals surface area contributed by atoms with Crippen molar-refractivity contribution in [1.82, 2.24) is 29.7 Å². The zero-order chi connectivity index (χ0) is 24.1. The minimum atomic E-state index is -0.447. The number of rotatable bonds is 4. The van der Waals surface area contributed by atoms with Crippen molar-refractivity contribution in [3.8, 4) is 11.3 Å². The molecule has 0 spiro atoms. The van der Waals surface area contributed by atoms with Gasteiger partial charge in [-0.3, -0.25) is 0 Å². The Morgan fingerprint density at radius 1 is 1.18 bits per heavy atom. The fourth-order valence-electron chi connectivity index (χ4n) is 3.67. The lowest BCUT2D eigenvalue weighted by atomic mass is 10.0. The predicted octanol–water partition coefficient (Wildman–Crippen LogP) is 5.22. The summed E-state index contributed by atoms with van der Waals surface area (Å²) in [4.78, 5) is 17.0. The molecular formula is C24H26ClFN6O2. The molecule has 0 N–H and O–H groups in total. The zero-order valence-corrected chi connectivity index (χ0v) is 20.1. The molecule has 0 radical (unpaired) electrons. The number of ether oxygens (including phenoxy) is 2. The Morgan fingerprint density at radius 2 is 2.00 bits per heavy atom. The van der Waals surface area contributed by atoms with Gasteiger partial charge in [-0.15, -0.1) is 0 Å². The molecule has 0 aliphatic carbocycles. The van der Waals surface area contributed by atoms with Crippen molar-refractivity contribution in [2.24, 2.45) is 0 Å². The third kappa shape index (κ3) is 5.55. The molecule has 1 aromatic carbocycles. The average molecular weight is 485 g/mol. The fraction of sp³-hybridized carbons (Fsp3) is 0.375. The lowest BCUT2D eigenvalue weighted by Crippen LogP contribution is -2.10. The summed E-state index contributed by atoms with van der Waals surface area (Å²) in [6.07, 6.45) is 9.01. The molecule has 1 atom stereocenters. The molecule has 1 fully saturated rings. The number of nitrogens with zero attached hydrogens (tertiary/aromatic N) is 6. The minimum absolute atomic E-state index is 0.245. The Kier molecular flexibility index (Phi) is 7.77. The van der Waals surface area contributed by atoms with Crippen LogP contribution in [-0.2, 0) is 16.2 Å². The highest BCUT2D eigenvalue weighted by Gasteiger charge is 2.17. The van der Waals surface area contributed by atoms with Crippen LogP contribution < -0.4 is 0 Å². The Morgan fingerprint density at radius 3 is 2.74 bits per heavy atom. The second-order valence-corrected chi connectivity index (χ2v) is 8.44. The molecule has 4 aromatic rings. The Balaban J connectivity index is 0.000000172. The number of hydrogen-bond acceptors (Lipinski definition) is 7. The zero-order valence-electron chi connectivity index (χ0n) is 19.3. The lowest BCUT2D eigenvalue weighted by molar-refractivity contribution is 0.0147. The summed E-state index contributed by atoms with van der Waals surface area (Å²) in [5.41, 5.74) is 4.41. The third-order valence-electron chi connectivity index (χ3n) is 5.53. The molecule has 178 valence electrons. The van der Waals surface area contributed by atoms with E-state index in [0.717, 1.165) is 24.4 Å². The largest absolute Gasteiger partial charge is 0.373 e. The number of methoxy groups -OCH3 is 1. The molecule has 1 aliphatic heterocycles. The summed E-state index contributed by atoms with van der Waals surface area (Å²) in [6, 6.07) is 4.44. The van der Waals surface area contributed by atoms with Crippen molar-refractivity contribution in [3.05, 3.63) is 64.7 Å². The van der Waals surface area contributed by atoms with E-state index < -0.39 is 5.82 Å². The average Bonchev–Trinajstić information content (AvgIpc) is 3.30. The van der Waals surface area contributed by atoms with E-state index in [2.05, 4.69) is 25.0 Å². The molecule has 3 aromatic heterocycles. The van der Waals surface area contributed by atoms with Crippen LogP contribution in [0.25, 0.3) is 22.4 Å². The van der Waals surface area contributed by atoms with Gasteiger partial charge in [0.1, 0.15) is 30.1 Å². The number of aryl methyl sites for hydroxylation is 2. The predicted molar refractivity (Wildman–Crippen MR) is 127 cm³/mol. The van der Waals surface area contributed by atoms with Gasteiger partial charge in [0.15, 0.2) is 5.65 Å². The molecular weight excluding hydrogens is 459 g/mol. The molecule has 0 saturated carbocycles. The van der Waals surface area contributed by atoms with E-state index in [-0.39, 0.29) is 6.10 Å². The number of halogens is 2. The number of fused-ring (bicyclic) bond motifs is 1. The van der Waals surface area contributed by atoms with Crippen LogP contribution in [0.3, 0.4) is 0 Å². The quantitative estimate of drug-likeness (QED) is 0.392. The van der Waals surface area contributed by atoms with Gasteiger partial charge < -0.3 is 9.47 Å². The third-order valence-corrected chi connectivity index (χ3v) is 5.77. The maximum Gasteiger partial charge on any atom is 0.182 e. The second kappa shape index (κ2) is 10.9. The molecule has 10 heteroatoms. The molecule has 0 bridgehead atoms. The Bertz CT molecular complexity index is 1280. The fourth-order valence-corrected chi connectivity index (χ4v) is 3.83. The van der Waals surface area contributed by atoms with E-state index >= 15 is 0 Å². The van der Waals surface area contributed by atoms with E-state index in [9.17, 15) is 4.39 Å². The summed E-state index contributed by atoms with van der Waals surface area (Å²) in [6.45, 7) is 5.08. The van der Waals surface area contributed by atoms with E-state index in [1.165, 1.54) is 30.8 Å². The van der Waals surface area contributed by atoms with Crippen LogP contribution in [0, 0.1) is 19.7 Å². The topological polar surface area (TPSA) is 87.8 Å². The van der Waals surface area contributed by atoms with E-state index in [1.807, 2.05) is 26.2 Å². The minimum Gasteiger partial charge on any atom is -0.373 e. The molecule has 4 heterocycles. The van der Waals surface area contributed by atoms with Crippen LogP contribution in [-0.4, -0.2) is 43.4 Å². The van der Waals surface area contributed by atoms with Gasteiger partial charge in [-0.05, 0) is 51.3 Å². The molecule has 5 rings (SSSR count). The summed E-state index contributed by atoms with van der Waals surface area (Å²) < 4.78 is 26.5. The maximum absolute atomic E-state index is 14.1. The van der Waals surface area contributed by atoms with Crippen LogP contribution >= 0.6 is 11.6 Å². The SMILES string of the molecule is COCn1cc([C@H]2CCCCO2)cn1.Cc1nc2ncnc(-c3ccc(Cl)cc3F)c2nc1C. The van der Waals surface area contributed by atoms with Gasteiger partial charge in [0.05, 0.1) is 23.7 Å². The molecule has 1 aliphatic rings. The summed E-state index contributed by atoms with van der Waals surface area (Å²) in [7, 11) is 1.67. The number of aromatic nitrogens is 6. The van der Waals surface area contributed by atoms with E-state index in [1.54, 1.807) is 23.9 Å². The van der Waals surface area contributed by atoms with Gasteiger partial charge in [-0.2, -0.15) is 5.10 Å². The molecule has 0 unspecified atom stereocenters. The molecule has 1 saturated heterocycles. The van der Waals surface area contributed by atoms with Crippen molar-refractivity contribution in [2.75, 3.05) is 13.7 Å². The van der Waals surface area contributed by atoms with E-state index in [0.29, 0.717) is 34.2 Å². The number of hydrogen-bond donors (Lipinski definition) is 0. The monoisotopic (exact) mass is 484 g/mol. The Hall–Kier alpha value is -3.01. The van der Waals surface area contributed by atoms with E-state index in [4.69, 9.17) is 21.1 Å². The first-order valence-electron chi connectivity index (χ1n) is 11.0. The van der Waals surface area contributed by atoms with Gasteiger partial charge in [0.25, 0.3) is 0 Å². The van der Waals surface area contributed by atoms with Crippen LogP contribution in [0.5, 0.6) is 0 Å². The van der Waals surface area contributed by atoms with Crippen molar-refractivity contribution in [1.29, 1.82) is 0 Å². The van der Waals surface area contributed by atoms with Crippen molar-refractivity contribution < 1.29 is 13.9 Å². The van der Waals surface area contributed by atoms with Gasteiger partial charge in [-0.25, -0.2) is 29.0 Å². The van der Waals surface area contributed by atoms with Crippen LogP contribution in [0.15, 0.2) is 36.9 Å². The standard InChI is InChI=1S/C14H10ClFN4.C10H16N2O2/c1-7-8(2)20-14-13(19-7)12(17-6-18-14)10-4-3-9(15)5-11(10)16;1-13-8-12-7-9(6-11-12)10-4-2-3-5-14-10/h3-6H,1-2H3;6-7,10H,2-5,8H2,1H3/t;10-/m.1/s1. The van der Waals surface area contributed by atoms with Gasteiger partial charge in [0.2, 0.25) is 0 Å². The first kappa shape index (κ1) is 24.1. The molecule has 0 amide bonds. The Labute approximate surface area is 202 Å².